The number of aryl methyl sites for hydroxylation is 1. The normalized spacial score (nSPS) is 11.1. The molecule has 1 amide bonds. The van der Waals surface area contributed by atoms with Crippen molar-refractivity contribution in [3.63, 3.8) is 0 Å². The third-order valence-corrected chi connectivity index (χ3v) is 5.41. The molecule has 0 saturated heterocycles. The highest BCUT2D eigenvalue weighted by molar-refractivity contribution is 7.80. The van der Waals surface area contributed by atoms with Crippen LogP contribution in [0.2, 0.25) is 10.0 Å². The standard InChI is InChI=1S/C24H17Cl2N3O3S/c1-13-2-7-19-21(10-13)32-23(28-19)17-12-16(6-8-20(17)30)27-24(33)29-22(31)9-4-14-3-5-15(25)11-18(14)26/h2-12,30H,1H3,(H2,27,29,31,33)/b9-4+. The molecule has 4 aromatic rings. The molecular formula is C24H17Cl2N3O3S. The SMILES string of the molecule is Cc1ccc2nc(-c3cc(NC(=S)NC(=O)/C=C/c4ccc(Cl)cc4Cl)ccc3O)oc2c1. The van der Waals surface area contributed by atoms with E-state index in [1.807, 2.05) is 25.1 Å². The second-order valence-electron chi connectivity index (χ2n) is 7.16. The highest BCUT2D eigenvalue weighted by Gasteiger charge is 2.14. The van der Waals surface area contributed by atoms with E-state index in [0.717, 1.165) is 5.56 Å². The quantitative estimate of drug-likeness (QED) is 0.173. The van der Waals surface area contributed by atoms with Crippen LogP contribution in [0.1, 0.15) is 11.1 Å². The van der Waals surface area contributed by atoms with E-state index in [9.17, 15) is 9.90 Å². The van der Waals surface area contributed by atoms with E-state index in [2.05, 4.69) is 15.6 Å². The third kappa shape index (κ3) is 5.51. The summed E-state index contributed by atoms with van der Waals surface area (Å²) in [6.07, 6.45) is 2.87. The molecule has 6 nitrogen and oxygen atoms in total. The molecule has 0 aliphatic rings. The van der Waals surface area contributed by atoms with Gasteiger partial charge in [0.15, 0.2) is 10.7 Å². The molecule has 1 aromatic heterocycles. The molecule has 0 radical (unpaired) electrons. The number of benzene rings is 3. The third-order valence-electron chi connectivity index (χ3n) is 4.64. The number of carbonyl (C=O) groups is 1. The zero-order valence-corrected chi connectivity index (χ0v) is 19.6. The number of carbonyl (C=O) groups excluding carboxylic acids is 1. The van der Waals surface area contributed by atoms with Crippen LogP contribution >= 0.6 is 35.4 Å². The Morgan fingerprint density at radius 3 is 2.73 bits per heavy atom. The molecule has 3 N–H and O–H groups in total. The van der Waals surface area contributed by atoms with E-state index < -0.39 is 5.91 Å². The van der Waals surface area contributed by atoms with Crippen molar-refractivity contribution in [1.82, 2.24) is 10.3 Å². The number of phenols is 1. The van der Waals surface area contributed by atoms with Gasteiger partial charge >= 0.3 is 0 Å². The van der Waals surface area contributed by atoms with Crippen LogP contribution < -0.4 is 10.6 Å². The molecule has 1 heterocycles. The lowest BCUT2D eigenvalue weighted by Crippen LogP contribution is -2.32. The van der Waals surface area contributed by atoms with Crippen LogP contribution in [0.5, 0.6) is 5.75 Å². The van der Waals surface area contributed by atoms with Crippen LogP contribution in [0.3, 0.4) is 0 Å². The van der Waals surface area contributed by atoms with Gasteiger partial charge < -0.3 is 14.8 Å². The fourth-order valence-corrected chi connectivity index (χ4v) is 3.74. The average molecular weight is 498 g/mol. The Bertz CT molecular complexity index is 1420. The van der Waals surface area contributed by atoms with Crippen molar-refractivity contribution in [3.8, 4) is 17.2 Å². The van der Waals surface area contributed by atoms with Gasteiger partial charge in [-0.2, -0.15) is 0 Å². The Labute approximate surface area is 204 Å². The number of halogens is 2. The Kier molecular flexibility index (Phi) is 6.65. The minimum atomic E-state index is -0.438. The summed E-state index contributed by atoms with van der Waals surface area (Å²) in [4.78, 5) is 16.6. The fraction of sp³-hybridized carbons (Fsp3) is 0.0417. The van der Waals surface area contributed by atoms with Crippen molar-refractivity contribution in [2.24, 2.45) is 0 Å². The topological polar surface area (TPSA) is 87.4 Å². The lowest BCUT2D eigenvalue weighted by Gasteiger charge is -2.10. The number of aromatic nitrogens is 1. The molecule has 0 spiro atoms. The largest absolute Gasteiger partial charge is 0.507 e. The Morgan fingerprint density at radius 2 is 1.94 bits per heavy atom. The van der Waals surface area contributed by atoms with E-state index in [1.54, 1.807) is 36.4 Å². The first kappa shape index (κ1) is 22.8. The van der Waals surface area contributed by atoms with Crippen molar-refractivity contribution in [3.05, 3.63) is 81.8 Å². The average Bonchev–Trinajstić information content (AvgIpc) is 3.17. The Balaban J connectivity index is 1.45. The number of hydrogen-bond acceptors (Lipinski definition) is 5. The number of anilines is 1. The predicted molar refractivity (Wildman–Crippen MR) is 136 cm³/mol. The summed E-state index contributed by atoms with van der Waals surface area (Å²) in [7, 11) is 0. The first-order valence-electron chi connectivity index (χ1n) is 9.74. The van der Waals surface area contributed by atoms with Crippen molar-refractivity contribution < 1.29 is 14.3 Å². The molecule has 9 heteroatoms. The molecule has 0 fully saturated rings. The second-order valence-corrected chi connectivity index (χ2v) is 8.42. The summed E-state index contributed by atoms with van der Waals surface area (Å²) in [5.41, 5.74) is 3.92. The number of fused-ring (bicyclic) bond motifs is 1. The van der Waals surface area contributed by atoms with Crippen molar-refractivity contribution in [2.75, 3.05) is 5.32 Å². The summed E-state index contributed by atoms with van der Waals surface area (Å²) < 4.78 is 5.80. The smallest absolute Gasteiger partial charge is 0.250 e. The molecule has 0 bridgehead atoms. The highest BCUT2D eigenvalue weighted by Crippen LogP contribution is 2.33. The number of aromatic hydroxyl groups is 1. The van der Waals surface area contributed by atoms with Crippen molar-refractivity contribution >= 4 is 69.3 Å². The van der Waals surface area contributed by atoms with Gasteiger partial charge in [-0.3, -0.25) is 10.1 Å². The maximum Gasteiger partial charge on any atom is 0.250 e. The van der Waals surface area contributed by atoms with E-state index in [4.69, 9.17) is 39.8 Å². The van der Waals surface area contributed by atoms with Gasteiger partial charge in [0.2, 0.25) is 11.8 Å². The fourth-order valence-electron chi connectivity index (χ4n) is 3.05. The number of rotatable bonds is 4. The van der Waals surface area contributed by atoms with E-state index in [-0.39, 0.29) is 16.8 Å². The lowest BCUT2D eigenvalue weighted by atomic mass is 10.1. The molecule has 4 rings (SSSR count). The zero-order chi connectivity index (χ0) is 23.5. The van der Waals surface area contributed by atoms with Crippen LogP contribution in [0.4, 0.5) is 5.69 Å². The molecule has 166 valence electrons. The molecule has 0 unspecified atom stereocenters. The van der Waals surface area contributed by atoms with Gasteiger partial charge in [0.1, 0.15) is 11.3 Å². The van der Waals surface area contributed by atoms with Gasteiger partial charge in [-0.15, -0.1) is 0 Å². The number of amides is 1. The molecular weight excluding hydrogens is 481 g/mol. The number of nitrogens with one attached hydrogen (secondary N) is 2. The van der Waals surface area contributed by atoms with Crippen LogP contribution in [0, 0.1) is 6.92 Å². The molecule has 0 atom stereocenters. The van der Waals surface area contributed by atoms with Gasteiger partial charge in [0.05, 0.1) is 5.56 Å². The minimum absolute atomic E-state index is 0.00144. The van der Waals surface area contributed by atoms with Crippen molar-refractivity contribution in [1.29, 1.82) is 0 Å². The minimum Gasteiger partial charge on any atom is -0.507 e. The monoisotopic (exact) mass is 497 g/mol. The molecule has 0 aliphatic heterocycles. The predicted octanol–water partition coefficient (Wildman–Crippen LogP) is 6.34. The number of hydrogen-bond donors (Lipinski definition) is 3. The maximum absolute atomic E-state index is 12.2. The molecule has 0 saturated carbocycles. The van der Waals surface area contributed by atoms with Gasteiger partial charge in [-0.1, -0.05) is 35.3 Å². The summed E-state index contributed by atoms with van der Waals surface area (Å²) in [5.74, 6) is -0.164. The first-order chi connectivity index (χ1) is 15.8. The molecule has 3 aromatic carbocycles. The van der Waals surface area contributed by atoms with E-state index in [1.165, 1.54) is 12.1 Å². The van der Waals surface area contributed by atoms with Gasteiger partial charge in [0, 0.05) is 21.8 Å². The second kappa shape index (κ2) is 9.62. The highest BCUT2D eigenvalue weighted by atomic mass is 35.5. The van der Waals surface area contributed by atoms with Gasteiger partial charge in [0.25, 0.3) is 0 Å². The van der Waals surface area contributed by atoms with E-state index >= 15 is 0 Å². The number of nitrogens with zero attached hydrogens (tertiary/aromatic N) is 1. The Morgan fingerprint density at radius 1 is 1.12 bits per heavy atom. The molecule has 33 heavy (non-hydrogen) atoms. The first-order valence-corrected chi connectivity index (χ1v) is 10.9. The summed E-state index contributed by atoms with van der Waals surface area (Å²) in [6.45, 7) is 1.96. The Hall–Kier alpha value is -3.39. The summed E-state index contributed by atoms with van der Waals surface area (Å²) in [6, 6.07) is 15.4. The lowest BCUT2D eigenvalue weighted by molar-refractivity contribution is -0.115. The van der Waals surface area contributed by atoms with Gasteiger partial charge in [-0.25, -0.2) is 4.98 Å². The number of thiocarbonyl (C=S) groups is 1. The summed E-state index contributed by atoms with van der Waals surface area (Å²) >= 11 is 17.2. The maximum atomic E-state index is 12.2. The van der Waals surface area contributed by atoms with Crippen LogP contribution in [-0.2, 0) is 4.79 Å². The van der Waals surface area contributed by atoms with Crippen LogP contribution in [0.25, 0.3) is 28.6 Å². The zero-order valence-electron chi connectivity index (χ0n) is 17.2. The number of oxazole rings is 1. The van der Waals surface area contributed by atoms with Crippen LogP contribution in [-0.4, -0.2) is 21.1 Å². The van der Waals surface area contributed by atoms with Crippen molar-refractivity contribution in [2.45, 2.75) is 6.92 Å². The summed E-state index contributed by atoms with van der Waals surface area (Å²) in [5, 5.41) is 16.8. The molecule has 0 aliphatic carbocycles. The van der Waals surface area contributed by atoms with Gasteiger partial charge in [-0.05, 0) is 78.8 Å². The van der Waals surface area contributed by atoms with Crippen LogP contribution in [0.15, 0.2) is 65.1 Å². The van der Waals surface area contributed by atoms with E-state index in [0.29, 0.717) is 38.0 Å². The number of phenolic OH excluding ortho intramolecular Hbond substituents is 1.